The third-order valence-electron chi connectivity index (χ3n) is 5.34. The van der Waals surface area contributed by atoms with Gasteiger partial charge in [0, 0.05) is 6.04 Å². The van der Waals surface area contributed by atoms with Gasteiger partial charge in [0.25, 0.3) is 0 Å². The number of hydrogen-bond acceptors (Lipinski definition) is 4. The summed E-state index contributed by atoms with van der Waals surface area (Å²) in [4.78, 5) is 14.7. The van der Waals surface area contributed by atoms with E-state index in [-0.39, 0.29) is 6.04 Å². The summed E-state index contributed by atoms with van der Waals surface area (Å²) in [5.74, 6) is 0.358. The number of benzene rings is 2. The molecule has 3 rings (SSSR count). The SMILES string of the molecule is COc1ccc(C[C@@H]2CC[C@H]([C@H](O)c3cccc(F)c3)N2C(=O)OC(C)(C)C)cc1. The highest BCUT2D eigenvalue weighted by molar-refractivity contribution is 5.69. The van der Waals surface area contributed by atoms with E-state index in [9.17, 15) is 14.3 Å². The number of methoxy groups -OCH3 is 1. The van der Waals surface area contributed by atoms with Crippen molar-refractivity contribution in [2.45, 2.75) is 63.8 Å². The van der Waals surface area contributed by atoms with Gasteiger partial charge in [-0.2, -0.15) is 0 Å². The molecule has 0 aromatic heterocycles. The molecule has 2 aromatic rings. The predicted octanol–water partition coefficient (Wildman–Crippen LogP) is 4.88. The van der Waals surface area contributed by atoms with E-state index in [4.69, 9.17) is 9.47 Å². The molecule has 0 bridgehead atoms. The topological polar surface area (TPSA) is 59.0 Å². The van der Waals surface area contributed by atoms with E-state index in [0.29, 0.717) is 18.4 Å². The lowest BCUT2D eigenvalue weighted by atomic mass is 10.0. The normalized spacial score (nSPS) is 20.1. The molecule has 30 heavy (non-hydrogen) atoms. The van der Waals surface area contributed by atoms with Gasteiger partial charge in [-0.25, -0.2) is 9.18 Å². The third kappa shape index (κ3) is 5.30. The van der Waals surface area contributed by atoms with E-state index < -0.39 is 29.7 Å². The molecule has 0 aliphatic carbocycles. The van der Waals surface area contributed by atoms with E-state index in [2.05, 4.69) is 0 Å². The van der Waals surface area contributed by atoms with Gasteiger partial charge in [0.15, 0.2) is 0 Å². The van der Waals surface area contributed by atoms with Crippen LogP contribution in [0.1, 0.15) is 50.8 Å². The van der Waals surface area contributed by atoms with Crippen LogP contribution in [0.3, 0.4) is 0 Å². The van der Waals surface area contributed by atoms with Gasteiger partial charge in [-0.05, 0) is 75.4 Å². The molecular weight excluding hydrogens is 385 g/mol. The van der Waals surface area contributed by atoms with Crippen LogP contribution in [-0.2, 0) is 11.2 Å². The molecule has 0 saturated carbocycles. The summed E-state index contributed by atoms with van der Waals surface area (Å²) in [5.41, 5.74) is 0.868. The van der Waals surface area contributed by atoms with Gasteiger partial charge in [0.2, 0.25) is 0 Å². The molecule has 0 unspecified atom stereocenters. The van der Waals surface area contributed by atoms with Gasteiger partial charge >= 0.3 is 6.09 Å². The molecule has 0 spiro atoms. The van der Waals surface area contributed by atoms with Crippen LogP contribution < -0.4 is 4.74 Å². The van der Waals surface area contributed by atoms with Gasteiger partial charge in [-0.1, -0.05) is 24.3 Å². The highest BCUT2D eigenvalue weighted by Gasteiger charge is 2.42. The summed E-state index contributed by atoms with van der Waals surface area (Å²) in [5, 5.41) is 11.0. The smallest absolute Gasteiger partial charge is 0.410 e. The monoisotopic (exact) mass is 415 g/mol. The third-order valence-corrected chi connectivity index (χ3v) is 5.34. The number of carbonyl (C=O) groups excluding carboxylic acids is 1. The van der Waals surface area contributed by atoms with Crippen LogP contribution in [0, 0.1) is 5.82 Å². The highest BCUT2D eigenvalue weighted by Crippen LogP contribution is 2.36. The molecule has 1 aliphatic heterocycles. The van der Waals surface area contributed by atoms with Crippen molar-refractivity contribution in [2.24, 2.45) is 0 Å². The maximum atomic E-state index is 13.7. The van der Waals surface area contributed by atoms with Crippen LogP contribution in [0.2, 0.25) is 0 Å². The standard InChI is InChI=1S/C24H30FNO4/c1-24(2,3)30-23(28)26-19(14-16-8-11-20(29-4)12-9-16)10-13-21(26)22(27)17-6-5-7-18(25)15-17/h5-9,11-12,15,19,21-22,27H,10,13-14H2,1-4H3/t19-,21+,22+/m0/s1. The van der Waals surface area contributed by atoms with Crippen LogP contribution >= 0.6 is 0 Å². The number of amides is 1. The first-order chi connectivity index (χ1) is 14.2. The van der Waals surface area contributed by atoms with Crippen LogP contribution in [0.4, 0.5) is 9.18 Å². The second-order valence-corrected chi connectivity index (χ2v) is 8.74. The number of hydrogen-bond donors (Lipinski definition) is 1. The number of carbonyl (C=O) groups is 1. The largest absolute Gasteiger partial charge is 0.497 e. The number of ether oxygens (including phenoxy) is 2. The lowest BCUT2D eigenvalue weighted by Gasteiger charge is -2.35. The molecule has 3 atom stereocenters. The molecule has 162 valence electrons. The Kier molecular flexibility index (Phi) is 6.66. The Balaban J connectivity index is 1.85. The molecule has 1 aliphatic rings. The molecule has 1 heterocycles. The second kappa shape index (κ2) is 9.04. The Morgan fingerprint density at radius 1 is 1.20 bits per heavy atom. The van der Waals surface area contributed by atoms with Crippen molar-refractivity contribution in [3.05, 3.63) is 65.5 Å². The summed E-state index contributed by atoms with van der Waals surface area (Å²) in [6, 6.07) is 13.0. The fraction of sp³-hybridized carbons (Fsp3) is 0.458. The van der Waals surface area contributed by atoms with Gasteiger partial charge in [0.05, 0.1) is 19.3 Å². The minimum absolute atomic E-state index is 0.124. The molecule has 1 saturated heterocycles. The molecule has 1 N–H and O–H groups in total. The quantitative estimate of drug-likeness (QED) is 0.756. The first kappa shape index (κ1) is 22.1. The Bertz CT molecular complexity index is 862. The van der Waals surface area contributed by atoms with Crippen molar-refractivity contribution < 1.29 is 23.8 Å². The number of rotatable bonds is 5. The van der Waals surface area contributed by atoms with Gasteiger partial charge < -0.3 is 14.6 Å². The molecular formula is C24H30FNO4. The number of aliphatic hydroxyl groups excluding tert-OH is 1. The van der Waals surface area contributed by atoms with Crippen LogP contribution in [-0.4, -0.2) is 40.9 Å². The number of nitrogens with zero attached hydrogens (tertiary/aromatic N) is 1. The zero-order valence-electron chi connectivity index (χ0n) is 18.0. The summed E-state index contributed by atoms with van der Waals surface area (Å²) >= 11 is 0. The predicted molar refractivity (Wildman–Crippen MR) is 113 cm³/mol. The lowest BCUT2D eigenvalue weighted by molar-refractivity contribution is -0.00456. The average Bonchev–Trinajstić information content (AvgIpc) is 3.10. The van der Waals surface area contributed by atoms with Gasteiger partial charge in [-0.3, -0.25) is 4.90 Å². The maximum Gasteiger partial charge on any atom is 0.410 e. The van der Waals surface area contributed by atoms with Crippen molar-refractivity contribution >= 4 is 6.09 Å². The Labute approximate surface area is 177 Å². The van der Waals surface area contributed by atoms with Gasteiger partial charge in [0.1, 0.15) is 17.2 Å². The second-order valence-electron chi connectivity index (χ2n) is 8.74. The van der Waals surface area contributed by atoms with Crippen molar-refractivity contribution in [1.82, 2.24) is 4.90 Å². The number of halogens is 1. The maximum absolute atomic E-state index is 13.7. The zero-order chi connectivity index (χ0) is 21.9. The summed E-state index contributed by atoms with van der Waals surface area (Å²) in [7, 11) is 1.62. The van der Waals surface area contributed by atoms with Gasteiger partial charge in [-0.15, -0.1) is 0 Å². The fourth-order valence-corrected chi connectivity index (χ4v) is 3.97. The van der Waals surface area contributed by atoms with Crippen LogP contribution in [0.25, 0.3) is 0 Å². The first-order valence-corrected chi connectivity index (χ1v) is 10.3. The lowest BCUT2D eigenvalue weighted by Crippen LogP contribution is -2.47. The van der Waals surface area contributed by atoms with Crippen molar-refractivity contribution in [3.8, 4) is 5.75 Å². The van der Waals surface area contributed by atoms with Crippen molar-refractivity contribution in [1.29, 1.82) is 0 Å². The molecule has 5 nitrogen and oxygen atoms in total. The summed E-state index contributed by atoms with van der Waals surface area (Å²) < 4.78 is 24.6. The first-order valence-electron chi connectivity index (χ1n) is 10.3. The molecule has 6 heteroatoms. The van der Waals surface area contributed by atoms with Crippen molar-refractivity contribution in [3.63, 3.8) is 0 Å². The minimum Gasteiger partial charge on any atom is -0.497 e. The van der Waals surface area contributed by atoms with E-state index in [1.807, 2.05) is 45.0 Å². The minimum atomic E-state index is -0.992. The van der Waals surface area contributed by atoms with E-state index in [1.54, 1.807) is 24.1 Å². The van der Waals surface area contributed by atoms with E-state index in [0.717, 1.165) is 17.7 Å². The van der Waals surface area contributed by atoms with E-state index in [1.165, 1.54) is 12.1 Å². The van der Waals surface area contributed by atoms with Crippen LogP contribution in [0.5, 0.6) is 5.75 Å². The molecule has 1 fully saturated rings. The summed E-state index contributed by atoms with van der Waals surface area (Å²) in [6.45, 7) is 5.45. The van der Waals surface area contributed by atoms with E-state index >= 15 is 0 Å². The van der Waals surface area contributed by atoms with Crippen LogP contribution in [0.15, 0.2) is 48.5 Å². The molecule has 2 aromatic carbocycles. The molecule has 0 radical (unpaired) electrons. The Hall–Kier alpha value is -2.60. The number of likely N-dealkylation sites (tertiary alicyclic amines) is 1. The number of aliphatic hydroxyl groups is 1. The molecule has 1 amide bonds. The average molecular weight is 416 g/mol. The fourth-order valence-electron chi connectivity index (χ4n) is 3.97. The Morgan fingerprint density at radius 2 is 1.90 bits per heavy atom. The van der Waals surface area contributed by atoms with Crippen molar-refractivity contribution in [2.75, 3.05) is 7.11 Å². The highest BCUT2D eigenvalue weighted by atomic mass is 19.1. The summed E-state index contributed by atoms with van der Waals surface area (Å²) in [6.07, 6.45) is 0.517. The Morgan fingerprint density at radius 3 is 2.50 bits per heavy atom. The zero-order valence-corrected chi connectivity index (χ0v) is 18.0.